The van der Waals surface area contributed by atoms with Gasteiger partial charge in [-0.15, -0.1) is 0 Å². The Bertz CT molecular complexity index is 781. The number of aromatic nitrogens is 2. The van der Waals surface area contributed by atoms with E-state index in [4.69, 9.17) is 4.74 Å². The minimum atomic E-state index is -0.184. The second-order valence-electron chi connectivity index (χ2n) is 5.47. The summed E-state index contributed by atoms with van der Waals surface area (Å²) >= 11 is 0. The van der Waals surface area contributed by atoms with Gasteiger partial charge >= 0.3 is 0 Å². The van der Waals surface area contributed by atoms with E-state index in [0.717, 1.165) is 5.56 Å². The lowest BCUT2D eigenvalue weighted by Gasteiger charge is -2.11. The number of carbonyl (C=O) groups is 1. The van der Waals surface area contributed by atoms with Crippen LogP contribution in [0.25, 0.3) is 0 Å². The smallest absolute Gasteiger partial charge is 0.254 e. The molecule has 0 aliphatic heterocycles. The van der Waals surface area contributed by atoms with E-state index in [1.807, 2.05) is 25.1 Å². The number of rotatable bonds is 5. The maximum Gasteiger partial charge on any atom is 0.254 e. The molecule has 1 aromatic heterocycles. The summed E-state index contributed by atoms with van der Waals surface area (Å²) in [5, 5.41) is 2.83. The van der Waals surface area contributed by atoms with Crippen LogP contribution in [-0.2, 0) is 11.2 Å². The van der Waals surface area contributed by atoms with E-state index in [-0.39, 0.29) is 17.9 Å². The van der Waals surface area contributed by atoms with Gasteiger partial charge in [0.05, 0.1) is 12.8 Å². The number of nitrogens with one attached hydrogen (secondary N) is 2. The van der Waals surface area contributed by atoms with Crippen LogP contribution in [0.15, 0.2) is 23.0 Å². The lowest BCUT2D eigenvalue weighted by molar-refractivity contribution is -0.116. The van der Waals surface area contributed by atoms with E-state index in [0.29, 0.717) is 34.9 Å². The number of aryl methyl sites for hydroxylation is 3. The number of anilines is 1. The molecule has 122 valence electrons. The molecule has 0 unspecified atom stereocenters. The molecule has 1 aromatic carbocycles. The Labute approximate surface area is 134 Å². The van der Waals surface area contributed by atoms with Gasteiger partial charge in [-0.3, -0.25) is 9.59 Å². The summed E-state index contributed by atoms with van der Waals surface area (Å²) in [7, 11) is 1.56. The summed E-state index contributed by atoms with van der Waals surface area (Å²) < 4.78 is 5.24. The van der Waals surface area contributed by atoms with Crippen LogP contribution < -0.4 is 15.6 Å². The lowest BCUT2D eigenvalue weighted by Crippen LogP contribution is -2.20. The van der Waals surface area contributed by atoms with Gasteiger partial charge in [0, 0.05) is 17.7 Å². The van der Waals surface area contributed by atoms with Crippen molar-refractivity contribution in [2.75, 3.05) is 12.4 Å². The van der Waals surface area contributed by atoms with Crippen LogP contribution in [-0.4, -0.2) is 23.0 Å². The average Bonchev–Trinajstić information content (AvgIpc) is 2.46. The quantitative estimate of drug-likeness (QED) is 0.886. The Morgan fingerprint density at radius 1 is 1.30 bits per heavy atom. The van der Waals surface area contributed by atoms with Gasteiger partial charge in [0.15, 0.2) is 0 Å². The van der Waals surface area contributed by atoms with E-state index in [9.17, 15) is 9.59 Å². The van der Waals surface area contributed by atoms with Crippen molar-refractivity contribution in [3.63, 3.8) is 0 Å². The van der Waals surface area contributed by atoms with Crippen molar-refractivity contribution in [2.45, 2.75) is 33.6 Å². The van der Waals surface area contributed by atoms with Crippen molar-refractivity contribution < 1.29 is 9.53 Å². The van der Waals surface area contributed by atoms with Gasteiger partial charge in [-0.1, -0.05) is 6.07 Å². The number of amides is 1. The first-order chi connectivity index (χ1) is 10.9. The molecule has 0 fully saturated rings. The topological polar surface area (TPSA) is 84.1 Å². The highest BCUT2D eigenvalue weighted by atomic mass is 16.5. The molecule has 0 aliphatic rings. The first-order valence-corrected chi connectivity index (χ1v) is 7.41. The number of carbonyl (C=O) groups excluding carboxylic acids is 1. The predicted octanol–water partition coefficient (Wildman–Crippen LogP) is 2.28. The summed E-state index contributed by atoms with van der Waals surface area (Å²) in [5.41, 5.74) is 2.67. The SMILES string of the molecule is COc1ccc(C)cc1NC(=O)CCc1c(C)nc(C)[nH]c1=O. The average molecular weight is 315 g/mol. The molecule has 1 heterocycles. The second-order valence-corrected chi connectivity index (χ2v) is 5.47. The highest BCUT2D eigenvalue weighted by molar-refractivity contribution is 5.92. The molecule has 0 atom stereocenters. The molecule has 0 spiro atoms. The highest BCUT2D eigenvalue weighted by Gasteiger charge is 2.11. The van der Waals surface area contributed by atoms with Gasteiger partial charge < -0.3 is 15.0 Å². The molecule has 2 N–H and O–H groups in total. The van der Waals surface area contributed by atoms with Crippen molar-refractivity contribution in [3.05, 3.63) is 51.2 Å². The molecule has 0 aliphatic carbocycles. The van der Waals surface area contributed by atoms with Crippen molar-refractivity contribution in [1.29, 1.82) is 0 Å². The third-order valence-corrected chi connectivity index (χ3v) is 3.57. The predicted molar refractivity (Wildman–Crippen MR) is 89.0 cm³/mol. The van der Waals surface area contributed by atoms with Gasteiger partial charge in [-0.05, 0) is 44.9 Å². The van der Waals surface area contributed by atoms with Crippen molar-refractivity contribution in [2.24, 2.45) is 0 Å². The maximum atomic E-state index is 12.2. The molecule has 0 saturated carbocycles. The number of hydrogen-bond donors (Lipinski definition) is 2. The Morgan fingerprint density at radius 2 is 2.04 bits per heavy atom. The Hall–Kier alpha value is -2.63. The van der Waals surface area contributed by atoms with E-state index < -0.39 is 0 Å². The minimum Gasteiger partial charge on any atom is -0.495 e. The van der Waals surface area contributed by atoms with Gasteiger partial charge in [-0.2, -0.15) is 0 Å². The molecule has 6 heteroatoms. The largest absolute Gasteiger partial charge is 0.495 e. The van der Waals surface area contributed by atoms with E-state index in [1.54, 1.807) is 21.0 Å². The monoisotopic (exact) mass is 315 g/mol. The number of hydrogen-bond acceptors (Lipinski definition) is 4. The highest BCUT2D eigenvalue weighted by Crippen LogP contribution is 2.25. The molecule has 0 radical (unpaired) electrons. The molecule has 23 heavy (non-hydrogen) atoms. The number of methoxy groups -OCH3 is 1. The molecular weight excluding hydrogens is 294 g/mol. The van der Waals surface area contributed by atoms with Crippen molar-refractivity contribution >= 4 is 11.6 Å². The maximum absolute atomic E-state index is 12.2. The number of aromatic amines is 1. The Kier molecular flexibility index (Phi) is 5.16. The van der Waals surface area contributed by atoms with Gasteiger partial charge in [0.2, 0.25) is 5.91 Å². The Morgan fingerprint density at radius 3 is 2.70 bits per heavy atom. The molecule has 6 nitrogen and oxygen atoms in total. The fraction of sp³-hybridized carbons (Fsp3) is 0.353. The summed E-state index contributed by atoms with van der Waals surface area (Å²) in [6.07, 6.45) is 0.542. The number of nitrogens with zero attached hydrogens (tertiary/aromatic N) is 1. The zero-order chi connectivity index (χ0) is 17.0. The lowest BCUT2D eigenvalue weighted by atomic mass is 10.1. The fourth-order valence-electron chi connectivity index (χ4n) is 2.42. The molecule has 0 bridgehead atoms. The van der Waals surface area contributed by atoms with Crippen LogP contribution in [0.1, 0.15) is 29.1 Å². The fourth-order valence-corrected chi connectivity index (χ4v) is 2.42. The molecular formula is C17H21N3O3. The minimum absolute atomic E-state index is 0.173. The number of benzene rings is 1. The van der Waals surface area contributed by atoms with Crippen LogP contribution >= 0.6 is 0 Å². The van der Waals surface area contributed by atoms with Gasteiger partial charge in [0.1, 0.15) is 11.6 Å². The van der Waals surface area contributed by atoms with Crippen LogP contribution in [0.2, 0.25) is 0 Å². The standard InChI is InChI=1S/C17H21N3O3/c1-10-5-7-15(23-4)14(9-10)20-16(21)8-6-13-11(2)18-12(3)19-17(13)22/h5,7,9H,6,8H2,1-4H3,(H,20,21)(H,18,19,22). The molecule has 2 aromatic rings. The van der Waals surface area contributed by atoms with Crippen molar-refractivity contribution in [1.82, 2.24) is 9.97 Å². The van der Waals surface area contributed by atoms with Gasteiger partial charge in [-0.25, -0.2) is 4.98 Å². The van der Waals surface area contributed by atoms with Crippen LogP contribution in [0.4, 0.5) is 5.69 Å². The zero-order valence-electron chi connectivity index (χ0n) is 13.8. The molecule has 1 amide bonds. The third kappa shape index (κ3) is 4.18. The van der Waals surface area contributed by atoms with E-state index >= 15 is 0 Å². The second kappa shape index (κ2) is 7.09. The molecule has 2 rings (SSSR count). The molecule has 0 saturated heterocycles. The third-order valence-electron chi connectivity index (χ3n) is 3.57. The van der Waals surface area contributed by atoms with Crippen LogP contribution in [0.3, 0.4) is 0 Å². The first kappa shape index (κ1) is 16.7. The van der Waals surface area contributed by atoms with Gasteiger partial charge in [0.25, 0.3) is 5.56 Å². The zero-order valence-corrected chi connectivity index (χ0v) is 13.8. The summed E-state index contributed by atoms with van der Waals surface area (Å²) in [6.45, 7) is 5.45. The van der Waals surface area contributed by atoms with Crippen LogP contribution in [0.5, 0.6) is 5.75 Å². The summed E-state index contributed by atoms with van der Waals surface area (Å²) in [5.74, 6) is 1.01. The normalized spacial score (nSPS) is 10.4. The summed E-state index contributed by atoms with van der Waals surface area (Å²) in [4.78, 5) is 31.0. The first-order valence-electron chi connectivity index (χ1n) is 7.41. The van der Waals surface area contributed by atoms with Crippen molar-refractivity contribution in [3.8, 4) is 5.75 Å². The Balaban J connectivity index is 2.07. The summed E-state index contributed by atoms with van der Waals surface area (Å²) in [6, 6.07) is 5.57. The van der Waals surface area contributed by atoms with Crippen LogP contribution in [0, 0.1) is 20.8 Å². The van der Waals surface area contributed by atoms with E-state index in [2.05, 4.69) is 15.3 Å². The number of ether oxygens (including phenoxy) is 1. The van der Waals surface area contributed by atoms with E-state index in [1.165, 1.54) is 0 Å². The number of H-pyrrole nitrogens is 1.